The number of hydrogen-bond donors (Lipinski definition) is 2. The number of methoxy groups -OCH3 is 1. The molecule has 0 aliphatic carbocycles. The molecule has 0 spiro atoms. The minimum Gasteiger partial charge on any atom is -0.504 e. The zero-order chi connectivity index (χ0) is 15.2. The molecule has 1 aliphatic heterocycles. The molecule has 1 atom stereocenters. The number of nitrogens with zero attached hydrogens (tertiary/aromatic N) is 2. The van der Waals surface area contributed by atoms with Gasteiger partial charge in [0.2, 0.25) is 0 Å². The second kappa shape index (κ2) is 7.64. The van der Waals surface area contributed by atoms with Crippen LogP contribution < -0.4 is 10.1 Å². The van der Waals surface area contributed by atoms with E-state index in [4.69, 9.17) is 4.74 Å². The Labute approximate surface area is 127 Å². The second-order valence-electron chi connectivity index (χ2n) is 5.75. The van der Waals surface area contributed by atoms with Gasteiger partial charge in [0.25, 0.3) is 0 Å². The highest BCUT2D eigenvalue weighted by molar-refractivity contribution is 5.42. The number of benzene rings is 1. The molecule has 1 heterocycles. The lowest BCUT2D eigenvalue weighted by Crippen LogP contribution is -2.46. The van der Waals surface area contributed by atoms with Crippen molar-refractivity contribution in [1.82, 2.24) is 15.1 Å². The largest absolute Gasteiger partial charge is 0.504 e. The molecule has 1 saturated heterocycles. The molecule has 21 heavy (non-hydrogen) atoms. The van der Waals surface area contributed by atoms with Crippen molar-refractivity contribution in [1.29, 1.82) is 0 Å². The molecule has 2 N–H and O–H groups in total. The Kier molecular flexibility index (Phi) is 5.85. The standard InChI is InChI=1S/C16H27N3O2/c1-13(14-4-5-15(20)16(12-14)21-3)17-6-7-19-10-8-18(2)9-11-19/h4-5,12-13,17,20H,6-11H2,1-3H3. The molecule has 0 aromatic heterocycles. The van der Waals surface area contributed by atoms with Crippen LogP contribution in [0.3, 0.4) is 0 Å². The summed E-state index contributed by atoms with van der Waals surface area (Å²) in [5.74, 6) is 0.714. The lowest BCUT2D eigenvalue weighted by atomic mass is 10.1. The molecular weight excluding hydrogens is 266 g/mol. The van der Waals surface area contributed by atoms with Gasteiger partial charge in [-0.15, -0.1) is 0 Å². The molecule has 1 aromatic carbocycles. The van der Waals surface area contributed by atoms with Gasteiger partial charge in [-0.25, -0.2) is 0 Å². The van der Waals surface area contributed by atoms with E-state index in [-0.39, 0.29) is 11.8 Å². The second-order valence-corrected chi connectivity index (χ2v) is 5.75. The summed E-state index contributed by atoms with van der Waals surface area (Å²) in [6.45, 7) is 8.80. The average Bonchev–Trinajstić information content (AvgIpc) is 2.49. The number of ether oxygens (including phenoxy) is 1. The number of hydrogen-bond acceptors (Lipinski definition) is 5. The van der Waals surface area contributed by atoms with Crippen LogP contribution in [0, 0.1) is 0 Å². The number of rotatable bonds is 6. The third-order valence-electron chi connectivity index (χ3n) is 4.18. The number of phenolic OH excluding ortho intramolecular Hbond substituents is 1. The molecular formula is C16H27N3O2. The Morgan fingerprint density at radius 2 is 2.00 bits per heavy atom. The molecule has 2 rings (SSSR count). The van der Waals surface area contributed by atoms with E-state index in [0.29, 0.717) is 5.75 Å². The fourth-order valence-electron chi connectivity index (χ4n) is 2.59. The third-order valence-corrected chi connectivity index (χ3v) is 4.18. The van der Waals surface area contributed by atoms with Gasteiger partial charge in [-0.1, -0.05) is 6.07 Å². The Hall–Kier alpha value is -1.30. The van der Waals surface area contributed by atoms with Crippen LogP contribution in [0.15, 0.2) is 18.2 Å². The topological polar surface area (TPSA) is 48.0 Å². The highest BCUT2D eigenvalue weighted by atomic mass is 16.5. The predicted octanol–water partition coefficient (Wildman–Crippen LogP) is 1.30. The van der Waals surface area contributed by atoms with Crippen LogP contribution in [0.1, 0.15) is 18.5 Å². The summed E-state index contributed by atoms with van der Waals surface area (Å²) < 4.78 is 5.15. The number of nitrogens with one attached hydrogen (secondary N) is 1. The Morgan fingerprint density at radius 3 is 2.67 bits per heavy atom. The van der Waals surface area contributed by atoms with Gasteiger partial charge in [-0.05, 0) is 31.7 Å². The third kappa shape index (κ3) is 4.59. The molecule has 118 valence electrons. The Balaban J connectivity index is 1.78. The van der Waals surface area contributed by atoms with E-state index < -0.39 is 0 Å². The van der Waals surface area contributed by atoms with E-state index in [2.05, 4.69) is 29.1 Å². The van der Waals surface area contributed by atoms with Crippen LogP contribution in [-0.2, 0) is 0 Å². The van der Waals surface area contributed by atoms with E-state index >= 15 is 0 Å². The molecule has 1 aliphatic rings. The van der Waals surface area contributed by atoms with Crippen molar-refractivity contribution < 1.29 is 9.84 Å². The van der Waals surface area contributed by atoms with Gasteiger partial charge < -0.3 is 20.1 Å². The highest BCUT2D eigenvalue weighted by Gasteiger charge is 2.14. The highest BCUT2D eigenvalue weighted by Crippen LogP contribution is 2.28. The molecule has 0 saturated carbocycles. The van der Waals surface area contributed by atoms with Crippen LogP contribution in [0.25, 0.3) is 0 Å². The summed E-state index contributed by atoms with van der Waals surface area (Å²) in [5, 5.41) is 13.2. The fraction of sp³-hybridized carbons (Fsp3) is 0.625. The first-order valence-corrected chi connectivity index (χ1v) is 7.61. The van der Waals surface area contributed by atoms with E-state index in [0.717, 1.165) is 44.8 Å². The number of piperazine rings is 1. The summed E-state index contributed by atoms with van der Waals surface area (Å²) >= 11 is 0. The van der Waals surface area contributed by atoms with E-state index in [1.165, 1.54) is 0 Å². The molecule has 0 amide bonds. The molecule has 1 fully saturated rings. The van der Waals surface area contributed by atoms with Crippen molar-refractivity contribution in [3.05, 3.63) is 23.8 Å². The number of likely N-dealkylation sites (N-methyl/N-ethyl adjacent to an activating group) is 1. The molecule has 5 nitrogen and oxygen atoms in total. The normalized spacial score (nSPS) is 18.6. The summed E-state index contributed by atoms with van der Waals surface area (Å²) in [5.41, 5.74) is 1.13. The number of aromatic hydroxyl groups is 1. The summed E-state index contributed by atoms with van der Waals surface area (Å²) in [6.07, 6.45) is 0. The van der Waals surface area contributed by atoms with Crippen LogP contribution in [0.2, 0.25) is 0 Å². The molecule has 1 aromatic rings. The monoisotopic (exact) mass is 293 g/mol. The molecule has 5 heteroatoms. The fourth-order valence-corrected chi connectivity index (χ4v) is 2.59. The first-order valence-electron chi connectivity index (χ1n) is 7.61. The van der Waals surface area contributed by atoms with E-state index in [1.807, 2.05) is 12.1 Å². The molecule has 0 radical (unpaired) electrons. The maximum absolute atomic E-state index is 9.63. The average molecular weight is 293 g/mol. The van der Waals surface area contributed by atoms with Crippen LogP contribution in [-0.4, -0.2) is 68.3 Å². The van der Waals surface area contributed by atoms with E-state index in [9.17, 15) is 5.11 Å². The zero-order valence-corrected chi connectivity index (χ0v) is 13.3. The van der Waals surface area contributed by atoms with Crippen molar-refractivity contribution in [2.75, 3.05) is 53.4 Å². The Morgan fingerprint density at radius 1 is 1.29 bits per heavy atom. The smallest absolute Gasteiger partial charge is 0.160 e. The minimum atomic E-state index is 0.186. The van der Waals surface area contributed by atoms with Gasteiger partial charge in [0.05, 0.1) is 7.11 Å². The number of phenols is 1. The zero-order valence-electron chi connectivity index (χ0n) is 13.3. The minimum absolute atomic E-state index is 0.186. The van der Waals surface area contributed by atoms with Crippen molar-refractivity contribution in [3.8, 4) is 11.5 Å². The van der Waals surface area contributed by atoms with Crippen molar-refractivity contribution >= 4 is 0 Å². The van der Waals surface area contributed by atoms with E-state index in [1.54, 1.807) is 13.2 Å². The maximum Gasteiger partial charge on any atom is 0.160 e. The first-order chi connectivity index (χ1) is 10.1. The summed E-state index contributed by atoms with van der Waals surface area (Å²) in [7, 11) is 3.75. The summed E-state index contributed by atoms with van der Waals surface area (Å²) in [6, 6.07) is 5.76. The van der Waals surface area contributed by atoms with Gasteiger partial charge in [-0.2, -0.15) is 0 Å². The molecule has 1 unspecified atom stereocenters. The van der Waals surface area contributed by atoms with Gasteiger partial charge in [0.15, 0.2) is 11.5 Å². The van der Waals surface area contributed by atoms with Gasteiger partial charge in [0, 0.05) is 45.3 Å². The lowest BCUT2D eigenvalue weighted by Gasteiger charge is -2.32. The van der Waals surface area contributed by atoms with Crippen LogP contribution in [0.4, 0.5) is 0 Å². The quantitative estimate of drug-likeness (QED) is 0.828. The maximum atomic E-state index is 9.63. The lowest BCUT2D eigenvalue weighted by molar-refractivity contribution is 0.154. The summed E-state index contributed by atoms with van der Waals surface area (Å²) in [4.78, 5) is 4.87. The van der Waals surface area contributed by atoms with Gasteiger partial charge in [-0.3, -0.25) is 4.90 Å². The van der Waals surface area contributed by atoms with Crippen LogP contribution in [0.5, 0.6) is 11.5 Å². The van der Waals surface area contributed by atoms with Gasteiger partial charge >= 0.3 is 0 Å². The first kappa shape index (κ1) is 16.1. The Bertz CT molecular complexity index is 445. The predicted molar refractivity (Wildman–Crippen MR) is 85.0 cm³/mol. The van der Waals surface area contributed by atoms with Gasteiger partial charge in [0.1, 0.15) is 0 Å². The van der Waals surface area contributed by atoms with Crippen molar-refractivity contribution in [2.24, 2.45) is 0 Å². The SMILES string of the molecule is COc1cc(C(C)NCCN2CCN(C)CC2)ccc1O. The molecule has 0 bridgehead atoms. The van der Waals surface area contributed by atoms with Crippen LogP contribution >= 0.6 is 0 Å². The van der Waals surface area contributed by atoms with Crippen molar-refractivity contribution in [3.63, 3.8) is 0 Å². The van der Waals surface area contributed by atoms with Crippen molar-refractivity contribution in [2.45, 2.75) is 13.0 Å².